The van der Waals surface area contributed by atoms with Crippen LogP contribution in [0.25, 0.3) is 0 Å². The standard InChI is InChI=1S/C14H10F5N/c15-10-5-6-12(16)13(7-10)20-8-9-3-1-2-4-11(9)14(17,18)19/h1-7,20H,8H2. The fraction of sp³-hybridized carbons (Fsp3) is 0.143. The number of hydrogen-bond acceptors (Lipinski definition) is 1. The molecule has 20 heavy (non-hydrogen) atoms. The van der Waals surface area contributed by atoms with E-state index < -0.39 is 23.4 Å². The first-order valence-corrected chi connectivity index (χ1v) is 5.72. The maximum Gasteiger partial charge on any atom is 0.416 e. The van der Waals surface area contributed by atoms with Crippen molar-refractivity contribution in [1.29, 1.82) is 0 Å². The molecule has 6 heteroatoms. The molecule has 0 unspecified atom stereocenters. The lowest BCUT2D eigenvalue weighted by atomic mass is 10.1. The Labute approximate surface area is 112 Å². The van der Waals surface area contributed by atoms with E-state index in [4.69, 9.17) is 0 Å². The number of benzene rings is 2. The number of alkyl halides is 3. The van der Waals surface area contributed by atoms with Crippen LogP contribution in [0.5, 0.6) is 0 Å². The predicted molar refractivity (Wildman–Crippen MR) is 65.1 cm³/mol. The number of halogens is 5. The van der Waals surface area contributed by atoms with Crippen LogP contribution in [0.4, 0.5) is 27.6 Å². The van der Waals surface area contributed by atoms with Crippen LogP contribution in [0, 0.1) is 11.6 Å². The van der Waals surface area contributed by atoms with Gasteiger partial charge in [0.2, 0.25) is 0 Å². The fourth-order valence-corrected chi connectivity index (χ4v) is 1.77. The van der Waals surface area contributed by atoms with E-state index in [-0.39, 0.29) is 17.8 Å². The molecule has 2 rings (SSSR count). The molecular formula is C14H10F5N. The van der Waals surface area contributed by atoms with Gasteiger partial charge in [-0.2, -0.15) is 13.2 Å². The number of anilines is 1. The van der Waals surface area contributed by atoms with Crippen LogP contribution in [-0.2, 0) is 12.7 Å². The number of hydrogen-bond donors (Lipinski definition) is 1. The van der Waals surface area contributed by atoms with E-state index in [0.717, 1.165) is 24.3 Å². The summed E-state index contributed by atoms with van der Waals surface area (Å²) in [7, 11) is 0. The van der Waals surface area contributed by atoms with E-state index in [9.17, 15) is 22.0 Å². The predicted octanol–water partition coefficient (Wildman–Crippen LogP) is 4.60. The molecule has 0 amide bonds. The summed E-state index contributed by atoms with van der Waals surface area (Å²) < 4.78 is 64.6. The van der Waals surface area contributed by atoms with Gasteiger partial charge in [0.25, 0.3) is 0 Å². The molecule has 2 aromatic rings. The van der Waals surface area contributed by atoms with Gasteiger partial charge < -0.3 is 5.32 Å². The van der Waals surface area contributed by atoms with Crippen LogP contribution in [0.15, 0.2) is 42.5 Å². The lowest BCUT2D eigenvalue weighted by Gasteiger charge is -2.14. The van der Waals surface area contributed by atoms with Crippen molar-refractivity contribution >= 4 is 5.69 Å². The molecule has 0 heterocycles. The number of nitrogens with one attached hydrogen (secondary N) is 1. The highest BCUT2D eigenvalue weighted by Gasteiger charge is 2.32. The summed E-state index contributed by atoms with van der Waals surface area (Å²) in [4.78, 5) is 0. The van der Waals surface area contributed by atoms with Crippen LogP contribution in [-0.4, -0.2) is 0 Å². The van der Waals surface area contributed by atoms with E-state index in [1.54, 1.807) is 0 Å². The van der Waals surface area contributed by atoms with Crippen molar-refractivity contribution in [3.05, 3.63) is 65.2 Å². The van der Waals surface area contributed by atoms with Crippen molar-refractivity contribution < 1.29 is 22.0 Å². The van der Waals surface area contributed by atoms with E-state index in [1.807, 2.05) is 0 Å². The second-order valence-electron chi connectivity index (χ2n) is 4.13. The third kappa shape index (κ3) is 3.26. The minimum absolute atomic E-state index is 0.0383. The van der Waals surface area contributed by atoms with Gasteiger partial charge in [0.05, 0.1) is 11.3 Å². The van der Waals surface area contributed by atoms with E-state index in [0.29, 0.717) is 0 Å². The van der Waals surface area contributed by atoms with Crippen molar-refractivity contribution in [3.8, 4) is 0 Å². The topological polar surface area (TPSA) is 12.0 Å². The first kappa shape index (κ1) is 14.3. The molecule has 0 saturated heterocycles. The van der Waals surface area contributed by atoms with Crippen LogP contribution < -0.4 is 5.32 Å². The summed E-state index contributed by atoms with van der Waals surface area (Å²) >= 11 is 0. The molecule has 2 aromatic carbocycles. The molecule has 0 aromatic heterocycles. The van der Waals surface area contributed by atoms with E-state index in [1.165, 1.54) is 18.2 Å². The van der Waals surface area contributed by atoms with Crippen LogP contribution in [0.3, 0.4) is 0 Å². The van der Waals surface area contributed by atoms with Crippen LogP contribution in [0.2, 0.25) is 0 Å². The SMILES string of the molecule is Fc1ccc(F)c(NCc2ccccc2C(F)(F)F)c1. The lowest BCUT2D eigenvalue weighted by Crippen LogP contribution is -2.12. The Hall–Kier alpha value is -2.11. The van der Waals surface area contributed by atoms with Crippen LogP contribution in [0.1, 0.15) is 11.1 Å². The molecule has 0 fully saturated rings. The molecule has 0 aliphatic heterocycles. The first-order valence-electron chi connectivity index (χ1n) is 5.72. The molecule has 1 nitrogen and oxygen atoms in total. The number of rotatable bonds is 3. The summed E-state index contributed by atoms with van der Waals surface area (Å²) in [6, 6.07) is 7.69. The zero-order chi connectivity index (χ0) is 14.8. The van der Waals surface area contributed by atoms with E-state index in [2.05, 4.69) is 5.32 Å². The average molecular weight is 287 g/mol. The zero-order valence-electron chi connectivity index (χ0n) is 10.1. The van der Waals surface area contributed by atoms with Crippen LogP contribution >= 0.6 is 0 Å². The van der Waals surface area contributed by atoms with Gasteiger partial charge in [0, 0.05) is 6.54 Å². The normalized spacial score (nSPS) is 11.4. The Balaban J connectivity index is 2.21. The van der Waals surface area contributed by atoms with Gasteiger partial charge in [-0.1, -0.05) is 18.2 Å². The van der Waals surface area contributed by atoms with Gasteiger partial charge in [-0.15, -0.1) is 0 Å². The maximum atomic E-state index is 13.4. The Morgan fingerprint density at radius 2 is 1.65 bits per heavy atom. The van der Waals surface area contributed by atoms with Crippen molar-refractivity contribution in [3.63, 3.8) is 0 Å². The van der Waals surface area contributed by atoms with E-state index >= 15 is 0 Å². The monoisotopic (exact) mass is 287 g/mol. The fourth-order valence-electron chi connectivity index (χ4n) is 1.77. The summed E-state index contributed by atoms with van der Waals surface area (Å²) in [6.45, 7) is -0.254. The molecule has 0 radical (unpaired) electrons. The molecule has 106 valence electrons. The Bertz CT molecular complexity index is 607. The lowest BCUT2D eigenvalue weighted by molar-refractivity contribution is -0.138. The summed E-state index contributed by atoms with van der Waals surface area (Å²) in [5.74, 6) is -1.39. The largest absolute Gasteiger partial charge is 0.416 e. The molecular weight excluding hydrogens is 277 g/mol. The van der Waals surface area contributed by atoms with Gasteiger partial charge in [-0.25, -0.2) is 8.78 Å². The third-order valence-electron chi connectivity index (χ3n) is 2.72. The van der Waals surface area contributed by atoms with Gasteiger partial charge >= 0.3 is 6.18 Å². The smallest absolute Gasteiger partial charge is 0.379 e. The molecule has 0 aliphatic carbocycles. The van der Waals surface area contributed by atoms with Gasteiger partial charge in [0.15, 0.2) is 0 Å². The Morgan fingerprint density at radius 1 is 0.950 bits per heavy atom. The quantitative estimate of drug-likeness (QED) is 0.814. The van der Waals surface area contributed by atoms with Gasteiger partial charge in [-0.05, 0) is 29.8 Å². The van der Waals surface area contributed by atoms with Crippen molar-refractivity contribution in [2.45, 2.75) is 12.7 Å². The molecule has 0 saturated carbocycles. The summed E-state index contributed by atoms with van der Waals surface area (Å²) in [6.07, 6.45) is -4.49. The Morgan fingerprint density at radius 3 is 2.35 bits per heavy atom. The molecule has 0 spiro atoms. The second kappa shape index (κ2) is 5.48. The highest BCUT2D eigenvalue weighted by atomic mass is 19.4. The summed E-state index contributed by atoms with van der Waals surface area (Å²) in [5.41, 5.74) is -1.02. The van der Waals surface area contributed by atoms with Gasteiger partial charge in [0.1, 0.15) is 11.6 Å². The highest BCUT2D eigenvalue weighted by molar-refractivity contribution is 5.46. The minimum Gasteiger partial charge on any atom is -0.379 e. The molecule has 0 atom stereocenters. The minimum atomic E-state index is -4.49. The van der Waals surface area contributed by atoms with Crippen molar-refractivity contribution in [2.75, 3.05) is 5.32 Å². The van der Waals surface area contributed by atoms with Gasteiger partial charge in [-0.3, -0.25) is 0 Å². The van der Waals surface area contributed by atoms with Crippen molar-refractivity contribution in [1.82, 2.24) is 0 Å². The molecule has 1 N–H and O–H groups in total. The Kier molecular flexibility index (Phi) is 3.92. The maximum absolute atomic E-state index is 13.4. The first-order chi connectivity index (χ1) is 9.38. The van der Waals surface area contributed by atoms with Crippen molar-refractivity contribution in [2.24, 2.45) is 0 Å². The third-order valence-corrected chi connectivity index (χ3v) is 2.72. The average Bonchev–Trinajstić information content (AvgIpc) is 2.39. The zero-order valence-corrected chi connectivity index (χ0v) is 10.1. The molecule has 0 aliphatic rings. The molecule has 0 bridgehead atoms. The second-order valence-corrected chi connectivity index (χ2v) is 4.13. The summed E-state index contributed by atoms with van der Waals surface area (Å²) in [5, 5.41) is 2.47. The highest BCUT2D eigenvalue weighted by Crippen LogP contribution is 2.32.